The molecule has 0 saturated carbocycles. The molecule has 0 atom stereocenters. The molecule has 1 aliphatic rings. The second-order valence-electron chi connectivity index (χ2n) is 3.56. The Morgan fingerprint density at radius 1 is 1.31 bits per heavy atom. The van der Waals surface area contributed by atoms with Crippen molar-refractivity contribution >= 4 is 22.5 Å². The van der Waals surface area contributed by atoms with Gasteiger partial charge in [0.25, 0.3) is 0 Å². The Morgan fingerprint density at radius 3 is 3.15 bits per heavy atom. The highest BCUT2D eigenvalue weighted by atomic mass is 35.5. The smallest absolute Gasteiger partial charge is 0.0499 e. The van der Waals surface area contributed by atoms with Crippen molar-refractivity contribution in [2.75, 3.05) is 0 Å². The Kier molecular flexibility index (Phi) is 1.44. The number of fused-ring (bicyclic) bond motifs is 3. The zero-order chi connectivity index (χ0) is 8.84. The largest absolute Gasteiger partial charge is 0.345 e. The molecule has 0 bridgehead atoms. The van der Waals surface area contributed by atoms with Gasteiger partial charge in [-0.1, -0.05) is 17.7 Å². The van der Waals surface area contributed by atoms with E-state index in [4.69, 9.17) is 11.6 Å². The minimum atomic E-state index is 0.874. The molecule has 1 aromatic heterocycles. The number of halogens is 1. The SMILES string of the molecule is Clc1cccc2c1cc1n2CCC1. The quantitative estimate of drug-likeness (QED) is 0.603. The van der Waals surface area contributed by atoms with Crippen LogP contribution in [0.2, 0.25) is 5.02 Å². The molecule has 1 nitrogen and oxygen atoms in total. The monoisotopic (exact) mass is 191 g/mol. The molecule has 66 valence electrons. The highest BCUT2D eigenvalue weighted by Crippen LogP contribution is 2.30. The van der Waals surface area contributed by atoms with Gasteiger partial charge in [-0.2, -0.15) is 0 Å². The maximum absolute atomic E-state index is 6.11. The molecule has 0 fully saturated rings. The molecule has 2 heteroatoms. The lowest BCUT2D eigenvalue weighted by Gasteiger charge is -1.99. The van der Waals surface area contributed by atoms with Gasteiger partial charge in [-0.3, -0.25) is 0 Å². The number of hydrogen-bond acceptors (Lipinski definition) is 0. The molecular weight excluding hydrogens is 182 g/mol. The molecule has 0 aliphatic carbocycles. The van der Waals surface area contributed by atoms with E-state index >= 15 is 0 Å². The molecule has 0 radical (unpaired) electrons. The predicted molar refractivity (Wildman–Crippen MR) is 55.3 cm³/mol. The van der Waals surface area contributed by atoms with Gasteiger partial charge in [-0.05, 0) is 31.0 Å². The van der Waals surface area contributed by atoms with E-state index in [0.29, 0.717) is 0 Å². The molecule has 1 aromatic carbocycles. The van der Waals surface area contributed by atoms with E-state index in [1.807, 2.05) is 12.1 Å². The molecule has 0 saturated heterocycles. The fraction of sp³-hybridized carbons (Fsp3) is 0.273. The number of hydrogen-bond donors (Lipinski definition) is 0. The fourth-order valence-corrected chi connectivity index (χ4v) is 2.42. The minimum absolute atomic E-state index is 0.874. The predicted octanol–water partition coefficient (Wildman–Crippen LogP) is 3.24. The summed E-state index contributed by atoms with van der Waals surface area (Å²) in [5, 5.41) is 2.08. The summed E-state index contributed by atoms with van der Waals surface area (Å²) in [6.07, 6.45) is 2.47. The summed E-state index contributed by atoms with van der Waals surface area (Å²) in [6, 6.07) is 8.36. The van der Waals surface area contributed by atoms with Gasteiger partial charge in [-0.25, -0.2) is 0 Å². The summed E-state index contributed by atoms with van der Waals surface area (Å²) in [5.74, 6) is 0. The molecule has 2 heterocycles. The molecule has 0 amide bonds. The number of rotatable bonds is 0. The summed E-state index contributed by atoms with van der Waals surface area (Å²) < 4.78 is 2.38. The Bertz CT molecular complexity index is 470. The van der Waals surface area contributed by atoms with Crippen LogP contribution in [-0.2, 0) is 13.0 Å². The molecule has 0 spiro atoms. The number of benzene rings is 1. The maximum Gasteiger partial charge on any atom is 0.0499 e. The van der Waals surface area contributed by atoms with Gasteiger partial charge < -0.3 is 4.57 Å². The zero-order valence-electron chi connectivity index (χ0n) is 7.26. The van der Waals surface area contributed by atoms with Gasteiger partial charge in [0.05, 0.1) is 0 Å². The normalized spacial score (nSPS) is 15.2. The van der Waals surface area contributed by atoms with Crippen molar-refractivity contribution in [1.29, 1.82) is 0 Å². The van der Waals surface area contributed by atoms with Crippen LogP contribution in [0.5, 0.6) is 0 Å². The lowest BCUT2D eigenvalue weighted by molar-refractivity contribution is 0.772. The first-order valence-corrected chi connectivity index (χ1v) is 5.01. The van der Waals surface area contributed by atoms with E-state index in [2.05, 4.69) is 16.7 Å². The van der Waals surface area contributed by atoms with Crippen molar-refractivity contribution in [2.45, 2.75) is 19.4 Å². The lowest BCUT2D eigenvalue weighted by Crippen LogP contribution is -1.90. The average Bonchev–Trinajstić information content (AvgIpc) is 2.65. The van der Waals surface area contributed by atoms with Crippen LogP contribution in [0.3, 0.4) is 0 Å². The Morgan fingerprint density at radius 2 is 2.23 bits per heavy atom. The van der Waals surface area contributed by atoms with Gasteiger partial charge in [0.1, 0.15) is 0 Å². The fourth-order valence-electron chi connectivity index (χ4n) is 2.19. The van der Waals surface area contributed by atoms with Crippen LogP contribution in [0.25, 0.3) is 10.9 Å². The zero-order valence-corrected chi connectivity index (χ0v) is 8.01. The number of aromatic nitrogens is 1. The van der Waals surface area contributed by atoms with Gasteiger partial charge >= 0.3 is 0 Å². The Hall–Kier alpha value is -0.950. The van der Waals surface area contributed by atoms with Crippen LogP contribution in [0, 0.1) is 0 Å². The molecular formula is C11H10ClN. The standard InChI is InChI=1S/C11H10ClN/c12-10-4-1-5-11-9(10)7-8-3-2-6-13(8)11/h1,4-5,7H,2-3,6H2. The number of nitrogens with zero attached hydrogens (tertiary/aromatic N) is 1. The molecule has 13 heavy (non-hydrogen) atoms. The average molecular weight is 192 g/mol. The highest BCUT2D eigenvalue weighted by molar-refractivity contribution is 6.35. The summed E-state index contributed by atoms with van der Waals surface area (Å²) in [7, 11) is 0. The summed E-state index contributed by atoms with van der Waals surface area (Å²) in [4.78, 5) is 0. The van der Waals surface area contributed by atoms with E-state index < -0.39 is 0 Å². The van der Waals surface area contributed by atoms with E-state index in [0.717, 1.165) is 11.6 Å². The Balaban J connectivity index is 2.44. The third-order valence-corrected chi connectivity index (χ3v) is 3.12. The van der Waals surface area contributed by atoms with Crippen molar-refractivity contribution in [3.05, 3.63) is 35.0 Å². The van der Waals surface area contributed by atoms with Crippen LogP contribution in [0.15, 0.2) is 24.3 Å². The van der Waals surface area contributed by atoms with E-state index in [-0.39, 0.29) is 0 Å². The van der Waals surface area contributed by atoms with Crippen molar-refractivity contribution in [3.8, 4) is 0 Å². The van der Waals surface area contributed by atoms with Gasteiger partial charge in [0.15, 0.2) is 0 Å². The summed E-state index contributed by atoms with van der Waals surface area (Å²) in [5.41, 5.74) is 2.73. The Labute approximate surface area is 81.9 Å². The molecule has 0 N–H and O–H groups in total. The van der Waals surface area contributed by atoms with Crippen LogP contribution in [-0.4, -0.2) is 4.57 Å². The minimum Gasteiger partial charge on any atom is -0.345 e. The number of aryl methyl sites for hydroxylation is 2. The highest BCUT2D eigenvalue weighted by Gasteiger charge is 2.14. The first-order valence-electron chi connectivity index (χ1n) is 4.63. The third kappa shape index (κ3) is 0.939. The third-order valence-electron chi connectivity index (χ3n) is 2.79. The molecule has 2 aromatic rings. The summed E-state index contributed by atoms with van der Waals surface area (Å²) in [6.45, 7) is 1.15. The van der Waals surface area contributed by atoms with E-state index in [1.165, 1.54) is 29.4 Å². The van der Waals surface area contributed by atoms with Crippen molar-refractivity contribution < 1.29 is 0 Å². The molecule has 1 aliphatic heterocycles. The van der Waals surface area contributed by atoms with Gasteiger partial charge in [0.2, 0.25) is 0 Å². The molecule has 3 rings (SSSR count). The lowest BCUT2D eigenvalue weighted by atomic mass is 10.2. The topological polar surface area (TPSA) is 4.93 Å². The second-order valence-corrected chi connectivity index (χ2v) is 3.97. The van der Waals surface area contributed by atoms with Crippen LogP contribution >= 0.6 is 11.6 Å². The van der Waals surface area contributed by atoms with Crippen LogP contribution in [0.1, 0.15) is 12.1 Å². The maximum atomic E-state index is 6.11. The molecule has 0 unspecified atom stereocenters. The van der Waals surface area contributed by atoms with E-state index in [1.54, 1.807) is 0 Å². The van der Waals surface area contributed by atoms with Crippen molar-refractivity contribution in [2.24, 2.45) is 0 Å². The summed E-state index contributed by atoms with van der Waals surface area (Å²) >= 11 is 6.11. The second kappa shape index (κ2) is 2.52. The first-order chi connectivity index (χ1) is 6.36. The van der Waals surface area contributed by atoms with Crippen molar-refractivity contribution in [3.63, 3.8) is 0 Å². The van der Waals surface area contributed by atoms with Crippen LogP contribution in [0.4, 0.5) is 0 Å². The van der Waals surface area contributed by atoms with Gasteiger partial charge in [0, 0.05) is 28.2 Å². The van der Waals surface area contributed by atoms with Gasteiger partial charge in [-0.15, -0.1) is 0 Å². The van der Waals surface area contributed by atoms with Crippen molar-refractivity contribution in [1.82, 2.24) is 4.57 Å². The van der Waals surface area contributed by atoms with Crippen LogP contribution < -0.4 is 0 Å². The first kappa shape index (κ1) is 7.45. The van der Waals surface area contributed by atoms with E-state index in [9.17, 15) is 0 Å².